The minimum atomic E-state index is -0.243. The van der Waals surface area contributed by atoms with Gasteiger partial charge in [-0.2, -0.15) is 0 Å². The summed E-state index contributed by atoms with van der Waals surface area (Å²) in [6, 6.07) is 9.01. The van der Waals surface area contributed by atoms with E-state index >= 15 is 0 Å². The van der Waals surface area contributed by atoms with E-state index in [1.165, 1.54) is 6.42 Å². The van der Waals surface area contributed by atoms with E-state index in [2.05, 4.69) is 31.0 Å². The Balaban J connectivity index is 1.86. The van der Waals surface area contributed by atoms with Gasteiger partial charge in [0.15, 0.2) is 11.5 Å². The Bertz CT molecular complexity index is 887. The summed E-state index contributed by atoms with van der Waals surface area (Å²) in [6.45, 7) is 8.66. The Morgan fingerprint density at radius 1 is 1.07 bits per heavy atom. The van der Waals surface area contributed by atoms with Gasteiger partial charge in [0.05, 0.1) is 25.6 Å². The molecule has 1 saturated heterocycles. The van der Waals surface area contributed by atoms with Crippen LogP contribution in [0.4, 0.5) is 17.1 Å². The Morgan fingerprint density at radius 2 is 1.72 bits per heavy atom. The van der Waals surface area contributed by atoms with E-state index in [-0.39, 0.29) is 5.91 Å². The molecule has 1 aliphatic rings. The van der Waals surface area contributed by atoms with Crippen molar-refractivity contribution >= 4 is 23.0 Å². The highest BCUT2D eigenvalue weighted by Gasteiger charge is 2.24. The number of ether oxygens (including phenoxy) is 2. The van der Waals surface area contributed by atoms with Gasteiger partial charge in [0.2, 0.25) is 0 Å². The van der Waals surface area contributed by atoms with E-state index < -0.39 is 0 Å². The number of nitrogens with zero attached hydrogens (tertiary/aromatic N) is 1. The number of carbonyl (C=O) groups is 1. The van der Waals surface area contributed by atoms with Crippen LogP contribution in [-0.4, -0.2) is 33.2 Å². The number of amides is 1. The van der Waals surface area contributed by atoms with Gasteiger partial charge in [-0.1, -0.05) is 13.8 Å². The minimum absolute atomic E-state index is 0.243. The average Bonchev–Trinajstić information content (AvgIpc) is 2.68. The molecule has 2 atom stereocenters. The second-order valence-corrected chi connectivity index (χ2v) is 8.10. The van der Waals surface area contributed by atoms with Gasteiger partial charge in [0.1, 0.15) is 0 Å². The second kappa shape index (κ2) is 8.64. The van der Waals surface area contributed by atoms with Crippen molar-refractivity contribution in [3.8, 4) is 11.5 Å². The first-order valence-electron chi connectivity index (χ1n) is 10.0. The van der Waals surface area contributed by atoms with Gasteiger partial charge in [-0.25, -0.2) is 0 Å². The van der Waals surface area contributed by atoms with Crippen molar-refractivity contribution in [1.82, 2.24) is 0 Å². The smallest absolute Gasteiger partial charge is 0.255 e. The number of carbonyl (C=O) groups excluding carboxylic acids is 1. The summed E-state index contributed by atoms with van der Waals surface area (Å²) < 4.78 is 10.5. The van der Waals surface area contributed by atoms with Crippen molar-refractivity contribution in [2.45, 2.75) is 27.2 Å². The Kier molecular flexibility index (Phi) is 6.20. The van der Waals surface area contributed by atoms with Crippen molar-refractivity contribution in [3.05, 3.63) is 41.5 Å². The third-order valence-electron chi connectivity index (χ3n) is 5.47. The van der Waals surface area contributed by atoms with Crippen LogP contribution in [0.25, 0.3) is 0 Å². The van der Waals surface area contributed by atoms with Crippen LogP contribution in [-0.2, 0) is 0 Å². The molecular weight excluding hydrogens is 366 g/mol. The highest BCUT2D eigenvalue weighted by molar-refractivity contribution is 6.06. The molecule has 2 aromatic rings. The third kappa shape index (κ3) is 4.58. The van der Waals surface area contributed by atoms with Gasteiger partial charge in [0, 0.05) is 24.3 Å². The molecule has 1 aliphatic heterocycles. The van der Waals surface area contributed by atoms with Crippen LogP contribution in [0.1, 0.15) is 36.2 Å². The van der Waals surface area contributed by atoms with E-state index in [1.807, 2.05) is 12.1 Å². The lowest BCUT2D eigenvalue weighted by Crippen LogP contribution is -2.39. The van der Waals surface area contributed by atoms with Crippen LogP contribution in [0.5, 0.6) is 11.5 Å². The number of piperidine rings is 1. The van der Waals surface area contributed by atoms with E-state index in [1.54, 1.807) is 32.4 Å². The fourth-order valence-corrected chi connectivity index (χ4v) is 4.20. The molecule has 0 aliphatic carbocycles. The monoisotopic (exact) mass is 397 g/mol. The second-order valence-electron chi connectivity index (χ2n) is 8.10. The molecule has 29 heavy (non-hydrogen) atoms. The lowest BCUT2D eigenvalue weighted by atomic mass is 9.91. The largest absolute Gasteiger partial charge is 0.493 e. The highest BCUT2D eigenvalue weighted by atomic mass is 16.5. The molecule has 3 N–H and O–H groups in total. The first-order valence-corrected chi connectivity index (χ1v) is 10.0. The number of anilines is 3. The zero-order valence-corrected chi connectivity index (χ0v) is 17.9. The topological polar surface area (TPSA) is 76.8 Å². The molecule has 0 aromatic heterocycles. The quantitative estimate of drug-likeness (QED) is 0.735. The maximum Gasteiger partial charge on any atom is 0.255 e. The number of nitrogen functional groups attached to an aromatic ring is 1. The number of hydrogen-bond donors (Lipinski definition) is 2. The average molecular weight is 398 g/mol. The van der Waals surface area contributed by atoms with Crippen molar-refractivity contribution in [2.24, 2.45) is 11.8 Å². The van der Waals surface area contributed by atoms with Crippen molar-refractivity contribution in [1.29, 1.82) is 0 Å². The molecule has 1 fully saturated rings. The molecule has 3 rings (SSSR count). The summed E-state index contributed by atoms with van der Waals surface area (Å²) >= 11 is 0. The van der Waals surface area contributed by atoms with Gasteiger partial charge in [-0.3, -0.25) is 4.79 Å². The fourth-order valence-electron chi connectivity index (χ4n) is 4.20. The number of hydrogen-bond acceptors (Lipinski definition) is 5. The molecule has 0 saturated carbocycles. The normalized spacial score (nSPS) is 19.0. The lowest BCUT2D eigenvalue weighted by molar-refractivity contribution is 0.102. The molecule has 2 aromatic carbocycles. The highest BCUT2D eigenvalue weighted by Crippen LogP contribution is 2.34. The first kappa shape index (κ1) is 20.8. The summed E-state index contributed by atoms with van der Waals surface area (Å²) in [7, 11) is 3.11. The van der Waals surface area contributed by atoms with Crippen LogP contribution in [0.2, 0.25) is 0 Å². The predicted molar refractivity (Wildman–Crippen MR) is 118 cm³/mol. The van der Waals surface area contributed by atoms with Crippen LogP contribution >= 0.6 is 0 Å². The van der Waals surface area contributed by atoms with E-state index in [9.17, 15) is 4.79 Å². The molecule has 0 spiro atoms. The summed E-state index contributed by atoms with van der Waals surface area (Å²) in [5.74, 6) is 2.12. The molecule has 6 nitrogen and oxygen atoms in total. The number of nitrogens with one attached hydrogen (secondary N) is 1. The number of nitrogens with two attached hydrogens (primary N) is 1. The van der Waals surface area contributed by atoms with Gasteiger partial charge < -0.3 is 25.4 Å². The molecule has 156 valence electrons. The minimum Gasteiger partial charge on any atom is -0.493 e. The summed E-state index contributed by atoms with van der Waals surface area (Å²) in [5, 5.41) is 2.96. The standard InChI is InChI=1S/C23H31N3O3/c1-14-8-15(2)13-26(12-14)20-11-19(18(24)9-16(20)3)25-23(27)17-6-7-21(28-4)22(10-17)29-5/h6-7,9-11,14-15H,8,12-13,24H2,1-5H3,(H,25,27)/t14-,15-/m0/s1. The van der Waals surface area contributed by atoms with E-state index in [0.29, 0.717) is 40.3 Å². The van der Waals surface area contributed by atoms with Crippen LogP contribution in [0.3, 0.4) is 0 Å². The molecule has 0 radical (unpaired) electrons. The van der Waals surface area contributed by atoms with Gasteiger partial charge >= 0.3 is 0 Å². The van der Waals surface area contributed by atoms with Crippen molar-refractivity contribution < 1.29 is 14.3 Å². The Hall–Kier alpha value is -2.89. The Morgan fingerprint density at radius 3 is 2.34 bits per heavy atom. The zero-order chi connectivity index (χ0) is 21.1. The SMILES string of the molecule is COc1ccc(C(=O)Nc2cc(N3C[C@@H](C)C[C@H](C)C3)c(C)cc2N)cc1OC. The molecule has 0 bridgehead atoms. The summed E-state index contributed by atoms with van der Waals surface area (Å²) in [6.07, 6.45) is 1.24. The lowest BCUT2D eigenvalue weighted by Gasteiger charge is -2.37. The number of rotatable bonds is 5. The molecular formula is C23H31N3O3. The number of benzene rings is 2. The maximum absolute atomic E-state index is 12.8. The molecule has 6 heteroatoms. The third-order valence-corrected chi connectivity index (χ3v) is 5.47. The predicted octanol–water partition coefficient (Wildman–Crippen LogP) is 4.33. The van der Waals surface area contributed by atoms with Crippen LogP contribution < -0.4 is 25.4 Å². The van der Waals surface area contributed by atoms with Crippen molar-refractivity contribution in [3.63, 3.8) is 0 Å². The van der Waals surface area contributed by atoms with Crippen LogP contribution in [0.15, 0.2) is 30.3 Å². The van der Waals surface area contributed by atoms with E-state index in [4.69, 9.17) is 15.2 Å². The molecule has 1 heterocycles. The summed E-state index contributed by atoms with van der Waals surface area (Å²) in [5.41, 5.74) is 10.1. The van der Waals surface area contributed by atoms with Gasteiger partial charge in [-0.15, -0.1) is 0 Å². The molecule has 0 unspecified atom stereocenters. The van der Waals surface area contributed by atoms with E-state index in [0.717, 1.165) is 24.3 Å². The first-order chi connectivity index (χ1) is 13.8. The summed E-state index contributed by atoms with van der Waals surface area (Å²) in [4.78, 5) is 15.2. The fraction of sp³-hybridized carbons (Fsp3) is 0.435. The number of methoxy groups -OCH3 is 2. The Labute approximate surface area is 173 Å². The zero-order valence-electron chi connectivity index (χ0n) is 17.9. The van der Waals surface area contributed by atoms with Gasteiger partial charge in [0.25, 0.3) is 5.91 Å². The van der Waals surface area contributed by atoms with Crippen LogP contribution in [0, 0.1) is 18.8 Å². The maximum atomic E-state index is 12.8. The molecule has 1 amide bonds. The van der Waals surface area contributed by atoms with Gasteiger partial charge in [-0.05, 0) is 61.1 Å². The van der Waals surface area contributed by atoms with Crippen molar-refractivity contribution in [2.75, 3.05) is 43.3 Å². The number of aryl methyl sites for hydroxylation is 1.